The van der Waals surface area contributed by atoms with Crippen LogP contribution in [0.2, 0.25) is 0 Å². The van der Waals surface area contributed by atoms with E-state index < -0.39 is 0 Å². The molecule has 0 unspecified atom stereocenters. The molecule has 11 heavy (non-hydrogen) atoms. The van der Waals surface area contributed by atoms with Crippen LogP contribution in [0.3, 0.4) is 0 Å². The van der Waals surface area contributed by atoms with Crippen molar-refractivity contribution in [2.45, 2.75) is 18.8 Å². The Morgan fingerprint density at radius 3 is 2.82 bits per heavy atom. The summed E-state index contributed by atoms with van der Waals surface area (Å²) in [5.41, 5.74) is 6.45. The van der Waals surface area contributed by atoms with Gasteiger partial charge in [-0.15, -0.1) is 11.3 Å². The molecule has 1 fully saturated rings. The number of nitrogens with zero attached hydrogens (tertiary/aromatic N) is 1. The monoisotopic (exact) mass is 168 g/mol. The van der Waals surface area contributed by atoms with Crippen LogP contribution in [-0.2, 0) is 4.79 Å². The van der Waals surface area contributed by atoms with Crippen molar-refractivity contribution < 1.29 is 4.79 Å². The highest BCUT2D eigenvalue weighted by molar-refractivity contribution is 7.13. The van der Waals surface area contributed by atoms with E-state index in [1.165, 1.54) is 11.3 Å². The molecule has 1 aromatic rings. The van der Waals surface area contributed by atoms with Gasteiger partial charge < -0.3 is 5.73 Å². The molecule has 1 saturated carbocycles. The molecular weight excluding hydrogens is 160 g/mol. The Bertz CT molecular complexity index is 286. The van der Waals surface area contributed by atoms with Crippen molar-refractivity contribution in [1.29, 1.82) is 0 Å². The largest absolute Gasteiger partial charge is 0.375 e. The van der Waals surface area contributed by atoms with E-state index in [0.717, 1.165) is 5.69 Å². The quantitative estimate of drug-likeness (QED) is 0.684. The van der Waals surface area contributed by atoms with Crippen molar-refractivity contribution in [1.82, 2.24) is 4.98 Å². The fourth-order valence-corrected chi connectivity index (χ4v) is 1.83. The molecule has 1 aliphatic rings. The van der Waals surface area contributed by atoms with E-state index in [1.807, 2.05) is 5.38 Å². The Morgan fingerprint density at radius 1 is 1.64 bits per heavy atom. The normalized spacial score (nSPS) is 18.4. The SMILES string of the molecule is Nc1nc(C2CC(=O)C2)cs1. The molecule has 0 atom stereocenters. The molecule has 0 saturated heterocycles. The van der Waals surface area contributed by atoms with Gasteiger partial charge in [-0.25, -0.2) is 4.98 Å². The van der Waals surface area contributed by atoms with Gasteiger partial charge in [0.05, 0.1) is 5.69 Å². The average molecular weight is 168 g/mol. The fraction of sp³-hybridized carbons (Fsp3) is 0.429. The number of aromatic nitrogens is 1. The highest BCUT2D eigenvalue weighted by Gasteiger charge is 2.29. The molecule has 2 N–H and O–H groups in total. The number of thiazole rings is 1. The third-order valence-corrected chi connectivity index (χ3v) is 2.60. The highest BCUT2D eigenvalue weighted by Crippen LogP contribution is 2.34. The molecule has 3 nitrogen and oxygen atoms in total. The van der Waals surface area contributed by atoms with Crippen molar-refractivity contribution in [2.75, 3.05) is 5.73 Å². The molecule has 0 bridgehead atoms. The standard InChI is InChI=1S/C7H8N2OS/c8-7-9-6(3-11-7)4-1-5(10)2-4/h3-4H,1-2H2,(H2,8,9). The van der Waals surface area contributed by atoms with Crippen LogP contribution in [0.5, 0.6) is 0 Å². The van der Waals surface area contributed by atoms with Crippen molar-refractivity contribution in [3.05, 3.63) is 11.1 Å². The van der Waals surface area contributed by atoms with E-state index in [1.54, 1.807) is 0 Å². The Balaban J connectivity index is 2.12. The molecule has 1 aromatic heterocycles. The smallest absolute Gasteiger partial charge is 0.180 e. The third-order valence-electron chi connectivity index (χ3n) is 1.91. The van der Waals surface area contributed by atoms with Crippen LogP contribution in [0.25, 0.3) is 0 Å². The van der Waals surface area contributed by atoms with Gasteiger partial charge in [0, 0.05) is 24.1 Å². The lowest BCUT2D eigenvalue weighted by atomic mass is 9.82. The predicted octanol–water partition coefficient (Wildman–Crippen LogP) is 1.17. The van der Waals surface area contributed by atoms with Gasteiger partial charge in [-0.3, -0.25) is 4.79 Å². The van der Waals surface area contributed by atoms with Gasteiger partial charge in [0.25, 0.3) is 0 Å². The summed E-state index contributed by atoms with van der Waals surface area (Å²) in [5, 5.41) is 2.53. The Kier molecular flexibility index (Phi) is 1.42. The Hall–Kier alpha value is -0.900. The van der Waals surface area contributed by atoms with Crippen LogP contribution >= 0.6 is 11.3 Å². The number of nitrogen functional groups attached to an aromatic ring is 1. The molecule has 4 heteroatoms. The molecular formula is C7H8N2OS. The third kappa shape index (κ3) is 1.14. The number of ketones is 1. The second-order valence-electron chi connectivity index (χ2n) is 2.75. The summed E-state index contributed by atoms with van der Waals surface area (Å²) in [7, 11) is 0. The highest BCUT2D eigenvalue weighted by atomic mass is 32.1. The minimum absolute atomic E-state index is 0.335. The second kappa shape index (κ2) is 2.30. The van der Waals surface area contributed by atoms with Crippen molar-refractivity contribution in [3.63, 3.8) is 0 Å². The van der Waals surface area contributed by atoms with E-state index in [9.17, 15) is 4.79 Å². The molecule has 0 spiro atoms. The minimum Gasteiger partial charge on any atom is -0.375 e. The summed E-state index contributed by atoms with van der Waals surface area (Å²) in [6, 6.07) is 0. The first-order valence-electron chi connectivity index (χ1n) is 3.48. The molecule has 1 heterocycles. The maximum atomic E-state index is 10.6. The summed E-state index contributed by atoms with van der Waals surface area (Å²) in [6.07, 6.45) is 1.31. The number of hydrogen-bond acceptors (Lipinski definition) is 4. The number of Topliss-reactive ketones (excluding diaryl/α,β-unsaturated/α-hetero) is 1. The van der Waals surface area contributed by atoms with E-state index in [2.05, 4.69) is 4.98 Å². The summed E-state index contributed by atoms with van der Waals surface area (Å²) in [6.45, 7) is 0. The second-order valence-corrected chi connectivity index (χ2v) is 3.64. The lowest BCUT2D eigenvalue weighted by Crippen LogP contribution is -2.21. The summed E-state index contributed by atoms with van der Waals surface area (Å²) in [4.78, 5) is 14.7. The van der Waals surface area contributed by atoms with Gasteiger partial charge >= 0.3 is 0 Å². The van der Waals surface area contributed by atoms with Crippen LogP contribution in [0.15, 0.2) is 5.38 Å². The van der Waals surface area contributed by atoms with Gasteiger partial charge in [-0.05, 0) is 0 Å². The van der Waals surface area contributed by atoms with Crippen LogP contribution in [0, 0.1) is 0 Å². The number of rotatable bonds is 1. The van der Waals surface area contributed by atoms with Crippen molar-refractivity contribution >= 4 is 22.3 Å². The first-order valence-corrected chi connectivity index (χ1v) is 4.36. The predicted molar refractivity (Wildman–Crippen MR) is 43.5 cm³/mol. The Labute approximate surface area is 68.2 Å². The van der Waals surface area contributed by atoms with Gasteiger partial charge in [0.15, 0.2) is 5.13 Å². The lowest BCUT2D eigenvalue weighted by molar-refractivity contribution is -0.124. The van der Waals surface area contributed by atoms with Crippen molar-refractivity contribution in [3.8, 4) is 0 Å². The summed E-state index contributed by atoms with van der Waals surface area (Å²) >= 11 is 1.44. The fourth-order valence-electron chi connectivity index (χ4n) is 1.19. The number of carbonyl (C=O) groups is 1. The molecule has 1 aliphatic carbocycles. The van der Waals surface area contributed by atoms with E-state index >= 15 is 0 Å². The van der Waals surface area contributed by atoms with E-state index in [4.69, 9.17) is 5.73 Å². The number of hydrogen-bond donors (Lipinski definition) is 1. The number of anilines is 1. The van der Waals surface area contributed by atoms with Gasteiger partial charge in [0.1, 0.15) is 5.78 Å². The van der Waals surface area contributed by atoms with E-state index in [0.29, 0.717) is 29.7 Å². The zero-order valence-electron chi connectivity index (χ0n) is 5.91. The van der Waals surface area contributed by atoms with Crippen LogP contribution in [-0.4, -0.2) is 10.8 Å². The maximum Gasteiger partial charge on any atom is 0.180 e. The van der Waals surface area contributed by atoms with Gasteiger partial charge in [-0.2, -0.15) is 0 Å². The molecule has 0 radical (unpaired) electrons. The molecule has 0 aliphatic heterocycles. The number of nitrogens with two attached hydrogens (primary N) is 1. The number of carbonyl (C=O) groups excluding carboxylic acids is 1. The maximum absolute atomic E-state index is 10.6. The molecule has 0 amide bonds. The molecule has 58 valence electrons. The molecule has 2 rings (SSSR count). The lowest BCUT2D eigenvalue weighted by Gasteiger charge is -2.21. The van der Waals surface area contributed by atoms with Gasteiger partial charge in [0.2, 0.25) is 0 Å². The summed E-state index contributed by atoms with van der Waals surface area (Å²) in [5.74, 6) is 0.692. The van der Waals surface area contributed by atoms with Crippen LogP contribution < -0.4 is 5.73 Å². The zero-order chi connectivity index (χ0) is 7.84. The zero-order valence-corrected chi connectivity index (χ0v) is 6.73. The van der Waals surface area contributed by atoms with E-state index in [-0.39, 0.29) is 0 Å². The van der Waals surface area contributed by atoms with Crippen molar-refractivity contribution in [2.24, 2.45) is 0 Å². The van der Waals surface area contributed by atoms with Crippen LogP contribution in [0.4, 0.5) is 5.13 Å². The van der Waals surface area contributed by atoms with Crippen LogP contribution in [0.1, 0.15) is 24.5 Å². The Morgan fingerprint density at radius 2 is 2.36 bits per heavy atom. The topological polar surface area (TPSA) is 56.0 Å². The minimum atomic E-state index is 0.335. The average Bonchev–Trinajstić information content (AvgIpc) is 2.29. The first-order chi connectivity index (χ1) is 5.25. The molecule has 0 aromatic carbocycles. The first kappa shape index (κ1) is 6.79. The summed E-state index contributed by atoms with van der Waals surface area (Å²) < 4.78 is 0. The van der Waals surface area contributed by atoms with Gasteiger partial charge in [-0.1, -0.05) is 0 Å².